The van der Waals surface area contributed by atoms with Gasteiger partial charge in [0.05, 0.1) is 11.8 Å². The van der Waals surface area contributed by atoms with E-state index in [1.165, 1.54) is 46.2 Å². The summed E-state index contributed by atoms with van der Waals surface area (Å²) in [6.07, 6.45) is 9.81. The number of aliphatic hydroxyl groups excluding tert-OH is 1. The van der Waals surface area contributed by atoms with Gasteiger partial charge in [0.2, 0.25) is 0 Å². The summed E-state index contributed by atoms with van der Waals surface area (Å²) in [6, 6.07) is 19.3. The smallest absolute Gasteiger partial charge is 0.0790 e. The highest BCUT2D eigenvalue weighted by molar-refractivity contribution is 6.30. The summed E-state index contributed by atoms with van der Waals surface area (Å²) < 4.78 is 0. The molecule has 1 unspecified atom stereocenters. The van der Waals surface area contributed by atoms with Gasteiger partial charge < -0.3 is 10.0 Å². The third-order valence-corrected chi connectivity index (χ3v) is 9.08. The van der Waals surface area contributed by atoms with E-state index in [1.54, 1.807) is 0 Å². The third-order valence-electron chi connectivity index (χ3n) is 8.85. The molecule has 3 nitrogen and oxygen atoms in total. The highest BCUT2D eigenvalue weighted by Gasteiger charge is 2.25. The number of nitrogens with zero attached hydrogens (tertiary/aromatic N) is 2. The molecule has 1 aliphatic heterocycles. The van der Waals surface area contributed by atoms with Crippen molar-refractivity contribution >= 4 is 17.2 Å². The molecule has 1 fully saturated rings. The first-order valence-electron chi connectivity index (χ1n) is 14.8. The Balaban J connectivity index is 1.21. The molecule has 1 aromatic heterocycles. The van der Waals surface area contributed by atoms with Crippen LogP contribution >= 0.6 is 11.6 Å². The number of aromatic nitrogens is 1. The number of aryl methyl sites for hydroxylation is 2. The normalized spacial score (nSPS) is 16.9. The number of pyridine rings is 1. The number of hydrogen-bond acceptors (Lipinski definition) is 3. The van der Waals surface area contributed by atoms with Crippen molar-refractivity contribution in [3.8, 4) is 0 Å². The second kappa shape index (κ2) is 12.4. The standard InChI is InChI=1S/C35H43ClN2O/c1-4-19-35(2,3)29-13-11-25(12-14-29)32(39)8-6-21-38-22-17-26(18-23-38)33-31-16-15-30(36)24-28(31)10-9-27-7-5-20-37-34(27)33/h5,7,11-16,20,24,32,39H,4,6,8-10,17-19,21-23H2,1-3H3. The summed E-state index contributed by atoms with van der Waals surface area (Å²) in [4.78, 5) is 7.43. The second-order valence-electron chi connectivity index (χ2n) is 12.0. The summed E-state index contributed by atoms with van der Waals surface area (Å²) in [6.45, 7) is 10.00. The van der Waals surface area contributed by atoms with Crippen LogP contribution in [-0.2, 0) is 18.3 Å². The molecule has 4 heteroatoms. The predicted octanol–water partition coefficient (Wildman–Crippen LogP) is 8.32. The van der Waals surface area contributed by atoms with Crippen LogP contribution in [0.2, 0.25) is 5.02 Å². The maximum atomic E-state index is 10.8. The van der Waals surface area contributed by atoms with E-state index >= 15 is 0 Å². The topological polar surface area (TPSA) is 36.4 Å². The average Bonchev–Trinajstić information content (AvgIpc) is 3.10. The first-order chi connectivity index (χ1) is 18.9. The number of halogens is 1. The van der Waals surface area contributed by atoms with Gasteiger partial charge in [-0.25, -0.2) is 0 Å². The molecular weight excluding hydrogens is 500 g/mol. The Morgan fingerprint density at radius 2 is 1.72 bits per heavy atom. The van der Waals surface area contributed by atoms with Crippen LogP contribution < -0.4 is 0 Å². The van der Waals surface area contributed by atoms with Crippen LogP contribution in [0.1, 0.15) is 98.9 Å². The molecule has 1 aliphatic carbocycles. The highest BCUT2D eigenvalue weighted by Crippen LogP contribution is 2.38. The lowest BCUT2D eigenvalue weighted by Crippen LogP contribution is -2.32. The summed E-state index contributed by atoms with van der Waals surface area (Å²) >= 11 is 6.38. The van der Waals surface area contributed by atoms with Gasteiger partial charge in [0.15, 0.2) is 0 Å². The molecule has 0 bridgehead atoms. The minimum atomic E-state index is -0.396. The van der Waals surface area contributed by atoms with Crippen LogP contribution in [0.15, 0.2) is 66.4 Å². The summed E-state index contributed by atoms with van der Waals surface area (Å²) in [7, 11) is 0. The summed E-state index contributed by atoms with van der Waals surface area (Å²) in [5.41, 5.74) is 10.6. The van der Waals surface area contributed by atoms with Crippen molar-refractivity contribution in [1.29, 1.82) is 0 Å². The minimum absolute atomic E-state index is 0.185. The van der Waals surface area contributed by atoms with Crippen LogP contribution in [0.25, 0.3) is 5.57 Å². The molecule has 2 aliphatic rings. The molecule has 1 atom stereocenters. The van der Waals surface area contributed by atoms with Crippen molar-refractivity contribution in [2.24, 2.45) is 0 Å². The van der Waals surface area contributed by atoms with Crippen molar-refractivity contribution in [3.63, 3.8) is 0 Å². The molecule has 1 saturated heterocycles. The molecule has 0 amide bonds. The van der Waals surface area contributed by atoms with Crippen molar-refractivity contribution < 1.29 is 5.11 Å². The number of benzene rings is 2. The molecular formula is C35H43ClN2O. The highest BCUT2D eigenvalue weighted by atomic mass is 35.5. The zero-order chi connectivity index (χ0) is 27.4. The van der Waals surface area contributed by atoms with E-state index in [2.05, 4.69) is 74.2 Å². The van der Waals surface area contributed by atoms with E-state index < -0.39 is 6.10 Å². The molecule has 0 spiro atoms. The Bertz CT molecular complexity index is 1300. The SMILES string of the molecule is CCCC(C)(C)c1ccc(C(O)CCCN2CCC(=C3c4ccc(Cl)cc4CCc4cccnc43)CC2)cc1. The van der Waals surface area contributed by atoms with Crippen molar-refractivity contribution in [1.82, 2.24) is 9.88 Å². The molecule has 0 radical (unpaired) electrons. The maximum Gasteiger partial charge on any atom is 0.0790 e. The lowest BCUT2D eigenvalue weighted by Gasteiger charge is -2.30. The maximum absolute atomic E-state index is 10.8. The fourth-order valence-corrected chi connectivity index (χ4v) is 6.73. The lowest BCUT2D eigenvalue weighted by molar-refractivity contribution is 0.153. The number of piperidine rings is 1. The zero-order valence-corrected chi connectivity index (χ0v) is 24.6. The van der Waals surface area contributed by atoms with Crippen LogP contribution in [0.4, 0.5) is 0 Å². The molecule has 2 heterocycles. The largest absolute Gasteiger partial charge is 0.388 e. The molecule has 206 valence electrons. The molecule has 0 saturated carbocycles. The van der Waals surface area contributed by atoms with Crippen LogP contribution in [-0.4, -0.2) is 34.6 Å². The van der Waals surface area contributed by atoms with Crippen molar-refractivity contribution in [2.45, 2.75) is 83.7 Å². The summed E-state index contributed by atoms with van der Waals surface area (Å²) in [5.74, 6) is 0. The van der Waals surface area contributed by atoms with Gasteiger partial charge in [-0.3, -0.25) is 4.98 Å². The van der Waals surface area contributed by atoms with Gasteiger partial charge in [-0.15, -0.1) is 0 Å². The lowest BCUT2D eigenvalue weighted by atomic mass is 9.80. The van der Waals surface area contributed by atoms with Crippen LogP contribution in [0.3, 0.4) is 0 Å². The van der Waals surface area contributed by atoms with Gasteiger partial charge in [0, 0.05) is 29.9 Å². The number of rotatable bonds is 8. The van der Waals surface area contributed by atoms with Gasteiger partial charge in [0.1, 0.15) is 0 Å². The quantitative estimate of drug-likeness (QED) is 0.311. The Hall–Kier alpha value is -2.46. The van der Waals surface area contributed by atoms with E-state index in [1.807, 2.05) is 12.3 Å². The number of aliphatic hydroxyl groups is 1. The Labute approximate surface area is 239 Å². The zero-order valence-electron chi connectivity index (χ0n) is 23.8. The Kier molecular flexibility index (Phi) is 8.91. The first-order valence-corrected chi connectivity index (χ1v) is 15.2. The van der Waals surface area contributed by atoms with E-state index in [0.29, 0.717) is 0 Å². The first kappa shape index (κ1) is 28.1. The number of likely N-dealkylation sites (tertiary alicyclic amines) is 1. The van der Waals surface area contributed by atoms with Crippen LogP contribution in [0, 0.1) is 0 Å². The van der Waals surface area contributed by atoms with Gasteiger partial charge in [-0.05, 0) is 103 Å². The van der Waals surface area contributed by atoms with Crippen molar-refractivity contribution in [2.75, 3.05) is 19.6 Å². The molecule has 1 N–H and O–H groups in total. The molecule has 39 heavy (non-hydrogen) atoms. The third kappa shape index (κ3) is 6.48. The summed E-state index contributed by atoms with van der Waals surface area (Å²) in [5, 5.41) is 11.7. The average molecular weight is 543 g/mol. The van der Waals surface area contributed by atoms with E-state index in [-0.39, 0.29) is 5.41 Å². The fourth-order valence-electron chi connectivity index (χ4n) is 6.53. The van der Waals surface area contributed by atoms with Crippen LogP contribution in [0.5, 0.6) is 0 Å². The van der Waals surface area contributed by atoms with E-state index in [0.717, 1.165) is 74.4 Å². The number of hydrogen-bond donors (Lipinski definition) is 1. The fraction of sp³-hybridized carbons (Fsp3) is 0.457. The van der Waals surface area contributed by atoms with E-state index in [9.17, 15) is 5.11 Å². The monoisotopic (exact) mass is 542 g/mol. The predicted molar refractivity (Wildman–Crippen MR) is 163 cm³/mol. The van der Waals surface area contributed by atoms with Crippen molar-refractivity contribution in [3.05, 3.63) is 105 Å². The molecule has 5 rings (SSSR count). The second-order valence-corrected chi connectivity index (χ2v) is 12.5. The number of fused-ring (bicyclic) bond motifs is 2. The molecule has 3 aromatic rings. The van der Waals surface area contributed by atoms with Gasteiger partial charge in [-0.1, -0.05) is 80.8 Å². The van der Waals surface area contributed by atoms with E-state index in [4.69, 9.17) is 16.6 Å². The Morgan fingerprint density at radius 1 is 0.974 bits per heavy atom. The Morgan fingerprint density at radius 3 is 2.46 bits per heavy atom. The van der Waals surface area contributed by atoms with Gasteiger partial charge in [-0.2, -0.15) is 0 Å². The van der Waals surface area contributed by atoms with Gasteiger partial charge >= 0.3 is 0 Å². The minimum Gasteiger partial charge on any atom is -0.388 e. The molecule has 2 aromatic carbocycles. The van der Waals surface area contributed by atoms with Gasteiger partial charge in [0.25, 0.3) is 0 Å².